The van der Waals surface area contributed by atoms with Crippen molar-refractivity contribution in [2.24, 2.45) is 33.6 Å². The topological polar surface area (TPSA) is 15.5 Å². The quantitative estimate of drug-likeness (QED) is 0.153. The molecule has 20 rings (SSSR count). The molecule has 4 heteroatoms. The maximum Gasteiger partial charge on any atom is 0.221 e. The molecule has 0 N–H and O–H groups in total. The molecule has 101 heavy (non-hydrogen) atoms. The fraction of sp³-hybridized carbons (Fsp3) is 0.134. The minimum Gasteiger partial charge on any atom is -0.201 e. The van der Waals surface area contributed by atoms with Crippen LogP contribution >= 0.6 is 0 Å². The standard InChI is InChI=1S/C28H28N.3C23H18N/c1-18-21(25-16-19(14-15-29(25)5)17-28(2,3)4)12-13-23-22-10-6-8-20-9-7-11-24(26(18)23)27(20)22;1-15-7-3-4-10-17(15)22-13-20-18-11-5-8-16-9-6-12-19(23(16)18)21(20)14-24(22)2;1-15-7-3-4-10-17(15)23-22-19(13-14-24(23)2)18-11-5-8-16-9-6-12-20(22)21(16)18;1-15-7-3-4-10-17(15)21-14-13-19-18-11-5-8-16-9-6-12-20(22(16)18)23(19)24(21)2/h6-16H,17H2,1-5H3;3*3-14H,1-2H3/q4*+1/i17D2;;;. The van der Waals surface area contributed by atoms with Gasteiger partial charge in [-0.1, -0.05) is 221 Å². The number of fused-ring (bicyclic) bond motifs is 12. The Balaban J connectivity index is 0.000000102. The van der Waals surface area contributed by atoms with Gasteiger partial charge in [0.1, 0.15) is 28.2 Å². The van der Waals surface area contributed by atoms with Crippen LogP contribution in [-0.2, 0) is 34.6 Å². The lowest BCUT2D eigenvalue weighted by molar-refractivity contribution is -0.660. The monoisotopic (exact) mass is 1300 g/mol. The van der Waals surface area contributed by atoms with Gasteiger partial charge in [0.05, 0.1) is 22.3 Å². The van der Waals surface area contributed by atoms with Gasteiger partial charge in [-0.05, 0) is 191 Å². The van der Waals surface area contributed by atoms with Crippen LogP contribution in [-0.4, -0.2) is 0 Å². The van der Waals surface area contributed by atoms with E-state index in [1.165, 1.54) is 188 Å². The van der Waals surface area contributed by atoms with Gasteiger partial charge in [-0.25, -0.2) is 13.7 Å². The molecular formula is C97H82N4+4. The van der Waals surface area contributed by atoms with Crippen LogP contribution in [0, 0.1) is 33.1 Å². The van der Waals surface area contributed by atoms with Crippen molar-refractivity contribution in [3.05, 3.63) is 313 Å². The zero-order valence-electron chi connectivity index (χ0n) is 61.4. The molecule has 0 amide bonds. The van der Waals surface area contributed by atoms with Crippen molar-refractivity contribution in [3.63, 3.8) is 0 Å². The van der Waals surface area contributed by atoms with E-state index in [0.717, 1.165) is 16.8 Å². The van der Waals surface area contributed by atoms with Gasteiger partial charge in [0.25, 0.3) is 0 Å². The van der Waals surface area contributed by atoms with Gasteiger partial charge in [0.2, 0.25) is 28.5 Å². The molecule has 4 aliphatic carbocycles. The molecule has 0 fully saturated rings. The number of rotatable bonds is 5. The number of nitrogens with zero attached hydrogens (tertiary/aromatic N) is 4. The minimum absolute atomic E-state index is 0.492. The fourth-order valence-corrected chi connectivity index (χ4v) is 16.9. The van der Waals surface area contributed by atoms with Crippen molar-refractivity contribution in [1.82, 2.24) is 0 Å². The van der Waals surface area contributed by atoms with E-state index in [0.29, 0.717) is 0 Å². The predicted octanol–water partition coefficient (Wildman–Crippen LogP) is 22.7. The molecule has 4 aromatic heterocycles. The minimum atomic E-state index is -1.43. The van der Waals surface area contributed by atoms with Crippen molar-refractivity contribution in [2.45, 2.75) is 54.8 Å². The van der Waals surface area contributed by atoms with E-state index in [9.17, 15) is 0 Å². The Labute approximate surface area is 596 Å². The van der Waals surface area contributed by atoms with Gasteiger partial charge in [-0.15, -0.1) is 0 Å². The Bertz CT molecular complexity index is 6160. The predicted molar refractivity (Wildman–Crippen MR) is 422 cm³/mol. The summed E-state index contributed by atoms with van der Waals surface area (Å²) in [5.41, 5.74) is 36.7. The lowest BCUT2D eigenvalue weighted by Gasteiger charge is -2.18. The third-order valence-electron chi connectivity index (χ3n) is 21.5. The summed E-state index contributed by atoms with van der Waals surface area (Å²) in [6.45, 7) is 14.6. The Morgan fingerprint density at radius 1 is 0.287 bits per heavy atom. The second kappa shape index (κ2) is 24.6. The van der Waals surface area contributed by atoms with Gasteiger partial charge >= 0.3 is 0 Å². The van der Waals surface area contributed by atoms with Crippen LogP contribution < -0.4 is 18.3 Å². The Kier molecular flexibility index (Phi) is 14.7. The second-order valence-electron chi connectivity index (χ2n) is 28.9. The van der Waals surface area contributed by atoms with Gasteiger partial charge in [0.15, 0.2) is 18.6 Å². The maximum atomic E-state index is 8.75. The highest BCUT2D eigenvalue weighted by atomic mass is 15.0. The Morgan fingerprint density at radius 2 is 0.683 bits per heavy atom. The smallest absolute Gasteiger partial charge is 0.201 e. The first-order valence-electron chi connectivity index (χ1n) is 36.4. The lowest BCUT2D eigenvalue weighted by atomic mass is 9.87. The van der Waals surface area contributed by atoms with E-state index >= 15 is 0 Å². The molecule has 12 aromatic carbocycles. The van der Waals surface area contributed by atoms with E-state index in [2.05, 4.69) is 334 Å². The van der Waals surface area contributed by atoms with Crippen molar-refractivity contribution in [3.8, 4) is 134 Å². The first-order valence-corrected chi connectivity index (χ1v) is 35.4. The average molecular weight is 1310 g/mol. The van der Waals surface area contributed by atoms with E-state index in [1.807, 2.05) is 46.1 Å². The Hall–Kier alpha value is -11.7. The summed E-state index contributed by atoms with van der Waals surface area (Å²) in [5.74, 6) is 0. The number of aryl methyl sites for hydroxylation is 6. The molecule has 0 atom stereocenters. The highest BCUT2D eigenvalue weighted by Gasteiger charge is 2.34. The fourth-order valence-electron chi connectivity index (χ4n) is 16.9. The van der Waals surface area contributed by atoms with E-state index in [-0.39, 0.29) is 0 Å². The summed E-state index contributed by atoms with van der Waals surface area (Å²) in [6, 6.07) is 96.2. The summed E-state index contributed by atoms with van der Waals surface area (Å²) in [5, 5.41) is 10.7. The lowest BCUT2D eigenvalue weighted by Crippen LogP contribution is -2.34. The van der Waals surface area contributed by atoms with Crippen LogP contribution in [0.2, 0.25) is 0 Å². The molecule has 486 valence electrons. The van der Waals surface area contributed by atoms with Crippen LogP contribution in [0.4, 0.5) is 0 Å². The highest BCUT2D eigenvalue weighted by Crippen LogP contribution is 2.53. The first kappa shape index (κ1) is 60.5. The van der Waals surface area contributed by atoms with Gasteiger partial charge in [-0.3, -0.25) is 0 Å². The summed E-state index contributed by atoms with van der Waals surface area (Å²) in [7, 11) is 8.51. The van der Waals surface area contributed by atoms with Crippen LogP contribution in [0.3, 0.4) is 0 Å². The molecular weight excluding hydrogens is 1220 g/mol. The number of pyridine rings is 4. The SMILES string of the molecule is Cc1ccccc1-c1c2c(cc[n+]1C)-c1cccc3cccc-2c13.Cc1ccccc1-c1cc2c(c[n+]1C)-c1cccc3cccc-2c13.Cc1ccccc1-c1ccc2c([n+]1C)-c1cccc3cccc-2c13.[2H]C([2H])(c1cc[n+](C)c(-c2ccc3c(c2C)-c2cccc4cccc-3c24)c1)C(C)(C)C. The summed E-state index contributed by atoms with van der Waals surface area (Å²) < 4.78 is 26.5. The van der Waals surface area contributed by atoms with Gasteiger partial charge in [0, 0.05) is 71.8 Å². The van der Waals surface area contributed by atoms with E-state index < -0.39 is 11.8 Å². The van der Waals surface area contributed by atoms with Crippen molar-refractivity contribution < 1.29 is 21.0 Å². The van der Waals surface area contributed by atoms with Crippen molar-refractivity contribution in [2.75, 3.05) is 0 Å². The normalized spacial score (nSPS) is 12.4. The number of hydrogen-bond donors (Lipinski definition) is 0. The van der Waals surface area contributed by atoms with E-state index in [4.69, 9.17) is 2.74 Å². The van der Waals surface area contributed by atoms with Crippen molar-refractivity contribution >= 4 is 43.1 Å². The zero-order valence-corrected chi connectivity index (χ0v) is 59.4. The summed E-state index contributed by atoms with van der Waals surface area (Å²) in [4.78, 5) is 0. The van der Waals surface area contributed by atoms with E-state index in [1.54, 1.807) is 0 Å². The van der Waals surface area contributed by atoms with Crippen molar-refractivity contribution in [1.29, 1.82) is 0 Å². The number of hydrogen-bond acceptors (Lipinski definition) is 0. The van der Waals surface area contributed by atoms with Crippen LogP contribution in [0.15, 0.2) is 286 Å². The first-order chi connectivity index (χ1) is 49.9. The molecule has 4 nitrogen and oxygen atoms in total. The third-order valence-corrected chi connectivity index (χ3v) is 21.5. The second-order valence-corrected chi connectivity index (χ2v) is 28.9. The Morgan fingerprint density at radius 3 is 1.23 bits per heavy atom. The van der Waals surface area contributed by atoms with Gasteiger partial charge in [-0.2, -0.15) is 4.57 Å². The molecule has 0 aliphatic heterocycles. The molecule has 16 aromatic rings. The number of aromatic nitrogens is 4. The van der Waals surface area contributed by atoms with Crippen LogP contribution in [0.5, 0.6) is 0 Å². The molecule has 0 bridgehead atoms. The zero-order chi connectivity index (χ0) is 70.9. The van der Waals surface area contributed by atoms with Crippen LogP contribution in [0.1, 0.15) is 51.3 Å². The molecule has 0 spiro atoms. The molecule has 0 radical (unpaired) electrons. The highest BCUT2D eigenvalue weighted by molar-refractivity contribution is 6.19. The molecule has 4 heterocycles. The maximum absolute atomic E-state index is 8.75. The number of benzene rings is 12. The summed E-state index contributed by atoms with van der Waals surface area (Å²) in [6.07, 6.45) is 5.02. The van der Waals surface area contributed by atoms with Crippen LogP contribution in [0.25, 0.3) is 177 Å². The third kappa shape index (κ3) is 10.5. The molecule has 4 aliphatic rings. The molecule has 0 unspecified atom stereocenters. The molecule has 0 saturated carbocycles. The summed E-state index contributed by atoms with van der Waals surface area (Å²) >= 11 is 0. The largest absolute Gasteiger partial charge is 0.221 e. The molecule has 0 saturated heterocycles. The average Bonchev–Trinajstić information content (AvgIpc) is 1.60. The van der Waals surface area contributed by atoms with Gasteiger partial charge < -0.3 is 0 Å².